The summed E-state index contributed by atoms with van der Waals surface area (Å²) in [7, 11) is 0. The van der Waals surface area contributed by atoms with Gasteiger partial charge in [0.2, 0.25) is 0 Å². The van der Waals surface area contributed by atoms with Crippen LogP contribution in [-0.2, 0) is 0 Å². The molecule has 0 bridgehead atoms. The van der Waals surface area contributed by atoms with Crippen LogP contribution in [0.5, 0.6) is 0 Å². The minimum atomic E-state index is -0.221. The fourth-order valence-electron chi connectivity index (χ4n) is 1.42. The van der Waals surface area contributed by atoms with Crippen LogP contribution in [0.2, 0.25) is 5.02 Å². The molecule has 0 aliphatic carbocycles. The molecule has 0 fully saturated rings. The summed E-state index contributed by atoms with van der Waals surface area (Å²) in [5.74, 6) is 1.03. The molecule has 2 aromatic rings. The average molecular weight is 212 g/mol. The van der Waals surface area contributed by atoms with Gasteiger partial charge in [-0.3, -0.25) is 9.20 Å². The summed E-state index contributed by atoms with van der Waals surface area (Å²) in [5.41, 5.74) is 0.315. The highest BCUT2D eigenvalue weighted by Gasteiger charge is 2.10. The summed E-state index contributed by atoms with van der Waals surface area (Å²) in [6.45, 7) is 4.02. The van der Waals surface area contributed by atoms with Crippen LogP contribution in [0.3, 0.4) is 0 Å². The summed E-state index contributed by atoms with van der Waals surface area (Å²) in [6.07, 6.45) is 1.70. The third kappa shape index (κ3) is 1.32. The van der Waals surface area contributed by atoms with E-state index in [-0.39, 0.29) is 11.5 Å². The molecule has 0 aliphatic rings. The van der Waals surface area contributed by atoms with Gasteiger partial charge in [-0.1, -0.05) is 25.4 Å². The lowest BCUT2D eigenvalue weighted by atomic mass is 10.2. The Hall–Kier alpha value is -1.29. The molecule has 2 rings (SSSR count). The molecule has 0 radical (unpaired) electrons. The normalized spacial score (nSPS) is 11.4. The second kappa shape index (κ2) is 3.13. The van der Waals surface area contributed by atoms with Crippen molar-refractivity contribution in [1.29, 1.82) is 0 Å². The van der Waals surface area contributed by atoms with Crippen molar-refractivity contribution in [2.45, 2.75) is 19.8 Å². The maximum absolute atomic E-state index is 11.4. The zero-order valence-corrected chi connectivity index (χ0v) is 8.67. The van der Waals surface area contributed by atoms with Gasteiger partial charge in [-0.15, -0.1) is 0 Å². The zero-order chi connectivity index (χ0) is 10.3. The van der Waals surface area contributed by atoms with Gasteiger partial charge in [0.25, 0.3) is 5.56 Å². The van der Waals surface area contributed by atoms with Crippen LogP contribution >= 0.6 is 11.6 Å². The van der Waals surface area contributed by atoms with E-state index in [0.717, 1.165) is 5.82 Å². The molecule has 1 N–H and O–H groups in total. The molecular weight excluding hydrogens is 202 g/mol. The van der Waals surface area contributed by atoms with E-state index in [4.69, 9.17) is 11.6 Å². The monoisotopic (exact) mass is 211 g/mol. The third-order valence-electron chi connectivity index (χ3n) is 2.05. The van der Waals surface area contributed by atoms with Crippen LogP contribution < -0.4 is 5.56 Å². The SMILES string of the molecule is CC(C)c1n[nH]c(=O)c2cc(Cl)cn12. The maximum atomic E-state index is 11.4. The number of nitrogens with one attached hydrogen (secondary N) is 1. The van der Waals surface area contributed by atoms with Gasteiger partial charge in [-0.05, 0) is 6.07 Å². The van der Waals surface area contributed by atoms with E-state index in [1.165, 1.54) is 0 Å². The Morgan fingerprint density at radius 3 is 2.93 bits per heavy atom. The Morgan fingerprint density at radius 2 is 2.29 bits per heavy atom. The van der Waals surface area contributed by atoms with Gasteiger partial charge in [-0.25, -0.2) is 5.10 Å². The first-order valence-corrected chi connectivity index (χ1v) is 4.73. The Labute approximate surface area is 85.5 Å². The fourth-order valence-corrected chi connectivity index (χ4v) is 1.62. The number of hydrogen-bond acceptors (Lipinski definition) is 2. The van der Waals surface area contributed by atoms with Crippen molar-refractivity contribution in [2.75, 3.05) is 0 Å². The van der Waals surface area contributed by atoms with Crippen molar-refractivity contribution in [3.63, 3.8) is 0 Å². The minimum absolute atomic E-state index is 0.221. The maximum Gasteiger partial charge on any atom is 0.288 e. The minimum Gasteiger partial charge on any atom is -0.297 e. The van der Waals surface area contributed by atoms with Crippen LogP contribution in [0.25, 0.3) is 5.52 Å². The van der Waals surface area contributed by atoms with Gasteiger partial charge in [-0.2, -0.15) is 5.10 Å². The van der Waals surface area contributed by atoms with Crippen LogP contribution in [-0.4, -0.2) is 14.6 Å². The molecule has 0 atom stereocenters. The van der Waals surface area contributed by atoms with Crippen molar-refractivity contribution in [3.8, 4) is 0 Å². The lowest BCUT2D eigenvalue weighted by Crippen LogP contribution is -2.15. The largest absolute Gasteiger partial charge is 0.297 e. The topological polar surface area (TPSA) is 50.2 Å². The van der Waals surface area contributed by atoms with Crippen molar-refractivity contribution in [1.82, 2.24) is 14.6 Å². The van der Waals surface area contributed by atoms with Gasteiger partial charge < -0.3 is 0 Å². The van der Waals surface area contributed by atoms with E-state index in [1.54, 1.807) is 16.7 Å². The first-order valence-electron chi connectivity index (χ1n) is 4.36. The van der Waals surface area contributed by atoms with Crippen LogP contribution in [0.1, 0.15) is 25.6 Å². The number of rotatable bonds is 1. The Morgan fingerprint density at radius 1 is 1.57 bits per heavy atom. The predicted molar refractivity (Wildman–Crippen MR) is 54.9 cm³/mol. The second-order valence-corrected chi connectivity index (χ2v) is 3.92. The van der Waals surface area contributed by atoms with Gasteiger partial charge in [0.15, 0.2) is 0 Å². The highest BCUT2D eigenvalue weighted by Crippen LogP contribution is 2.16. The molecular formula is C9H10ClN3O. The molecule has 0 amide bonds. The number of aromatic amines is 1. The molecule has 0 aromatic carbocycles. The summed E-state index contributed by atoms with van der Waals surface area (Å²) in [5, 5.41) is 6.99. The molecule has 0 aliphatic heterocycles. The number of nitrogens with zero attached hydrogens (tertiary/aromatic N) is 2. The quantitative estimate of drug-likeness (QED) is 0.782. The highest BCUT2D eigenvalue weighted by molar-refractivity contribution is 6.31. The van der Waals surface area contributed by atoms with Crippen molar-refractivity contribution in [3.05, 3.63) is 33.5 Å². The first-order chi connectivity index (χ1) is 6.59. The van der Waals surface area contributed by atoms with E-state index in [1.807, 2.05) is 13.8 Å². The summed E-state index contributed by atoms with van der Waals surface area (Å²) >= 11 is 5.83. The van der Waals surface area contributed by atoms with E-state index in [9.17, 15) is 4.79 Å². The Kier molecular flexibility index (Phi) is 2.07. The molecule has 74 valence electrons. The van der Waals surface area contributed by atoms with Crippen LogP contribution in [0.4, 0.5) is 0 Å². The van der Waals surface area contributed by atoms with E-state index in [2.05, 4.69) is 10.2 Å². The summed E-state index contributed by atoms with van der Waals surface area (Å²) < 4.78 is 1.73. The molecule has 2 heterocycles. The van der Waals surface area contributed by atoms with E-state index < -0.39 is 0 Å². The number of H-pyrrole nitrogens is 1. The first kappa shape index (κ1) is 9.27. The molecule has 2 aromatic heterocycles. The lowest BCUT2D eigenvalue weighted by Gasteiger charge is -2.06. The number of aromatic nitrogens is 3. The van der Waals surface area contributed by atoms with Crippen LogP contribution in [0, 0.1) is 0 Å². The van der Waals surface area contributed by atoms with Gasteiger partial charge in [0.05, 0.1) is 5.02 Å². The Balaban J connectivity index is 2.88. The smallest absolute Gasteiger partial charge is 0.288 e. The van der Waals surface area contributed by atoms with Crippen LogP contribution in [0.15, 0.2) is 17.1 Å². The van der Waals surface area contributed by atoms with Crippen molar-refractivity contribution < 1.29 is 0 Å². The molecule has 14 heavy (non-hydrogen) atoms. The van der Waals surface area contributed by atoms with Gasteiger partial charge >= 0.3 is 0 Å². The molecule has 0 saturated carbocycles. The van der Waals surface area contributed by atoms with E-state index >= 15 is 0 Å². The lowest BCUT2D eigenvalue weighted by molar-refractivity contribution is 0.711. The molecule has 4 nitrogen and oxygen atoms in total. The predicted octanol–water partition coefficient (Wildman–Crippen LogP) is 1.80. The van der Waals surface area contributed by atoms with Gasteiger partial charge in [0, 0.05) is 12.1 Å². The standard InChI is InChI=1S/C9H10ClN3O/c1-5(2)8-11-12-9(14)7-3-6(10)4-13(7)8/h3-5H,1-2H3,(H,12,14). The van der Waals surface area contributed by atoms with Gasteiger partial charge in [0.1, 0.15) is 11.3 Å². The summed E-state index contributed by atoms with van der Waals surface area (Å²) in [6, 6.07) is 1.63. The second-order valence-electron chi connectivity index (χ2n) is 3.48. The fraction of sp³-hybridized carbons (Fsp3) is 0.333. The third-order valence-corrected chi connectivity index (χ3v) is 2.26. The molecule has 5 heteroatoms. The number of hydrogen-bond donors (Lipinski definition) is 1. The van der Waals surface area contributed by atoms with Crippen molar-refractivity contribution in [2.24, 2.45) is 0 Å². The Bertz CT molecular complexity index is 526. The number of halogens is 1. The van der Waals surface area contributed by atoms with E-state index in [0.29, 0.717) is 10.5 Å². The highest BCUT2D eigenvalue weighted by atomic mass is 35.5. The zero-order valence-electron chi connectivity index (χ0n) is 7.91. The van der Waals surface area contributed by atoms with Crippen molar-refractivity contribution >= 4 is 17.1 Å². The average Bonchev–Trinajstić information content (AvgIpc) is 2.47. The molecule has 0 spiro atoms. The molecule has 0 saturated heterocycles. The number of fused-ring (bicyclic) bond motifs is 1. The summed E-state index contributed by atoms with van der Waals surface area (Å²) in [4.78, 5) is 11.4. The molecule has 0 unspecified atom stereocenters.